The van der Waals surface area contributed by atoms with Gasteiger partial charge in [-0.15, -0.1) is 0 Å². The molecule has 0 saturated heterocycles. The molecule has 0 saturated carbocycles. The Balaban J connectivity index is 1.61. The number of benzene rings is 3. The third kappa shape index (κ3) is 4.67. The monoisotopic (exact) mass is 427 g/mol. The zero-order valence-corrected chi connectivity index (χ0v) is 17.7. The number of thiocarbonyl (C=S) groups is 1. The summed E-state index contributed by atoms with van der Waals surface area (Å²) in [6.07, 6.45) is 0. The van der Waals surface area contributed by atoms with E-state index in [0.29, 0.717) is 16.5 Å². The van der Waals surface area contributed by atoms with Gasteiger partial charge in [0.2, 0.25) is 0 Å². The summed E-state index contributed by atoms with van der Waals surface area (Å²) >= 11 is 5.38. The lowest BCUT2D eigenvalue weighted by Gasteiger charge is -2.17. The minimum Gasteiger partial charge on any atom is -0.331 e. The Morgan fingerprint density at radius 1 is 0.935 bits per heavy atom. The van der Waals surface area contributed by atoms with Gasteiger partial charge in [0.25, 0.3) is 5.91 Å². The number of hydrogen-bond acceptors (Lipinski definition) is 4. The molecule has 1 aliphatic rings. The standard InChI is InChI=1S/C24H21N5OS/c1-17-21(23(30)29(28-17)20-15-9-4-10-16-20)22(18-11-5-2-6-12-18)26-27-24(31)25-19-13-7-3-8-14-19/h2-16,21H,1H3,(H2,25,27,31)/b26-22-. The predicted octanol–water partition coefficient (Wildman–Crippen LogP) is 4.42. The third-order valence-corrected chi connectivity index (χ3v) is 4.98. The zero-order chi connectivity index (χ0) is 21.6. The molecular formula is C24H21N5OS. The second-order valence-corrected chi connectivity index (χ2v) is 7.36. The molecule has 0 spiro atoms. The van der Waals surface area contributed by atoms with Crippen LogP contribution in [-0.2, 0) is 4.79 Å². The van der Waals surface area contributed by atoms with Crippen molar-refractivity contribution in [2.75, 3.05) is 10.3 Å². The van der Waals surface area contributed by atoms with Gasteiger partial charge in [0.15, 0.2) is 5.11 Å². The predicted molar refractivity (Wildman–Crippen MR) is 129 cm³/mol. The van der Waals surface area contributed by atoms with Gasteiger partial charge in [-0.05, 0) is 49.0 Å². The first-order valence-electron chi connectivity index (χ1n) is 9.82. The summed E-state index contributed by atoms with van der Waals surface area (Å²) in [6.45, 7) is 1.84. The molecular weight excluding hydrogens is 406 g/mol. The Bertz CT molecular complexity index is 1130. The van der Waals surface area contributed by atoms with Gasteiger partial charge < -0.3 is 5.32 Å². The van der Waals surface area contributed by atoms with E-state index in [-0.39, 0.29) is 5.91 Å². The van der Waals surface area contributed by atoms with E-state index in [0.717, 1.165) is 16.9 Å². The van der Waals surface area contributed by atoms with E-state index in [4.69, 9.17) is 12.2 Å². The van der Waals surface area contributed by atoms with Crippen LogP contribution in [-0.4, -0.2) is 22.4 Å². The van der Waals surface area contributed by atoms with E-state index in [1.807, 2.05) is 97.9 Å². The molecule has 2 N–H and O–H groups in total. The fourth-order valence-corrected chi connectivity index (χ4v) is 3.49. The molecule has 0 aliphatic carbocycles. The SMILES string of the molecule is CC1=NN(c2ccccc2)C(=O)C1/C(=N\NC(=S)Nc1ccccc1)c1ccccc1. The van der Waals surface area contributed by atoms with Gasteiger partial charge in [0.1, 0.15) is 5.92 Å². The van der Waals surface area contributed by atoms with E-state index in [2.05, 4.69) is 20.9 Å². The first kappa shape index (κ1) is 20.4. The number of anilines is 2. The van der Waals surface area contributed by atoms with Crippen LogP contribution in [0, 0.1) is 5.92 Å². The fraction of sp³-hybridized carbons (Fsp3) is 0.0833. The summed E-state index contributed by atoms with van der Waals surface area (Å²) in [6, 6.07) is 28.5. The van der Waals surface area contributed by atoms with Crippen molar-refractivity contribution in [2.24, 2.45) is 16.1 Å². The Kier molecular flexibility index (Phi) is 6.14. The van der Waals surface area contributed by atoms with Crippen LogP contribution < -0.4 is 15.8 Å². The zero-order valence-electron chi connectivity index (χ0n) is 16.9. The number of carbonyl (C=O) groups excluding carboxylic acids is 1. The number of rotatable bonds is 5. The van der Waals surface area contributed by atoms with Gasteiger partial charge in [0.05, 0.1) is 17.1 Å². The average Bonchev–Trinajstić information content (AvgIpc) is 3.10. The number of carbonyl (C=O) groups is 1. The first-order chi connectivity index (χ1) is 15.1. The van der Waals surface area contributed by atoms with Crippen LogP contribution in [0.25, 0.3) is 0 Å². The highest BCUT2D eigenvalue weighted by Crippen LogP contribution is 2.26. The number of para-hydroxylation sites is 2. The molecule has 6 nitrogen and oxygen atoms in total. The molecule has 3 aromatic carbocycles. The molecule has 0 aromatic heterocycles. The molecule has 4 rings (SSSR count). The molecule has 0 radical (unpaired) electrons. The summed E-state index contributed by atoms with van der Waals surface area (Å²) < 4.78 is 0. The second-order valence-electron chi connectivity index (χ2n) is 6.96. The molecule has 31 heavy (non-hydrogen) atoms. The van der Waals surface area contributed by atoms with Crippen molar-refractivity contribution in [1.29, 1.82) is 0 Å². The minimum atomic E-state index is -0.616. The first-order valence-corrected chi connectivity index (χ1v) is 10.2. The van der Waals surface area contributed by atoms with Crippen LogP contribution in [0.5, 0.6) is 0 Å². The third-order valence-electron chi connectivity index (χ3n) is 4.78. The van der Waals surface area contributed by atoms with Gasteiger partial charge in [-0.3, -0.25) is 10.2 Å². The number of nitrogens with zero attached hydrogens (tertiary/aromatic N) is 3. The van der Waals surface area contributed by atoms with Crippen LogP contribution in [0.1, 0.15) is 12.5 Å². The summed E-state index contributed by atoms with van der Waals surface area (Å²) in [7, 11) is 0. The molecule has 1 unspecified atom stereocenters. The van der Waals surface area contributed by atoms with Crippen LogP contribution in [0.15, 0.2) is 101 Å². The van der Waals surface area contributed by atoms with E-state index >= 15 is 0 Å². The molecule has 154 valence electrons. The number of amides is 1. The number of hydrazone groups is 2. The lowest BCUT2D eigenvalue weighted by molar-refractivity contribution is -0.118. The average molecular weight is 428 g/mol. The van der Waals surface area contributed by atoms with Gasteiger partial charge in [0, 0.05) is 5.69 Å². The Hall–Kier alpha value is -3.84. The molecule has 1 atom stereocenters. The van der Waals surface area contributed by atoms with Crippen molar-refractivity contribution in [1.82, 2.24) is 5.43 Å². The highest BCUT2D eigenvalue weighted by atomic mass is 32.1. The maximum absolute atomic E-state index is 13.3. The van der Waals surface area contributed by atoms with Crippen molar-refractivity contribution in [2.45, 2.75) is 6.92 Å². The minimum absolute atomic E-state index is 0.157. The van der Waals surface area contributed by atoms with Crippen molar-refractivity contribution in [3.8, 4) is 0 Å². The Morgan fingerprint density at radius 2 is 1.52 bits per heavy atom. The molecule has 7 heteroatoms. The summed E-state index contributed by atoms with van der Waals surface area (Å²) in [4.78, 5) is 13.3. The summed E-state index contributed by atoms with van der Waals surface area (Å²) in [5, 5.41) is 13.9. The van der Waals surface area contributed by atoms with Crippen molar-refractivity contribution in [3.63, 3.8) is 0 Å². The van der Waals surface area contributed by atoms with Gasteiger partial charge >= 0.3 is 0 Å². The largest absolute Gasteiger partial charge is 0.331 e. The van der Waals surface area contributed by atoms with E-state index < -0.39 is 5.92 Å². The van der Waals surface area contributed by atoms with Crippen molar-refractivity contribution in [3.05, 3.63) is 96.6 Å². The smallest absolute Gasteiger partial charge is 0.262 e. The van der Waals surface area contributed by atoms with E-state index in [1.165, 1.54) is 5.01 Å². The normalized spacial score (nSPS) is 16.1. The maximum atomic E-state index is 13.3. The molecule has 1 amide bonds. The van der Waals surface area contributed by atoms with Crippen LogP contribution in [0.3, 0.4) is 0 Å². The van der Waals surface area contributed by atoms with Crippen LogP contribution in [0.4, 0.5) is 11.4 Å². The van der Waals surface area contributed by atoms with Crippen LogP contribution >= 0.6 is 12.2 Å². The highest BCUT2D eigenvalue weighted by Gasteiger charge is 2.38. The molecule has 0 bridgehead atoms. The molecule has 0 fully saturated rings. The molecule has 1 heterocycles. The topological polar surface area (TPSA) is 69.1 Å². The Morgan fingerprint density at radius 3 is 2.16 bits per heavy atom. The van der Waals surface area contributed by atoms with Gasteiger partial charge in [-0.1, -0.05) is 66.7 Å². The second kappa shape index (κ2) is 9.32. The molecule has 3 aromatic rings. The highest BCUT2D eigenvalue weighted by molar-refractivity contribution is 7.80. The summed E-state index contributed by atoms with van der Waals surface area (Å²) in [5.74, 6) is -0.773. The maximum Gasteiger partial charge on any atom is 0.262 e. The number of hydrogen-bond donors (Lipinski definition) is 2. The van der Waals surface area contributed by atoms with Crippen molar-refractivity contribution >= 4 is 46.0 Å². The van der Waals surface area contributed by atoms with Crippen molar-refractivity contribution < 1.29 is 4.79 Å². The molecule has 1 aliphatic heterocycles. The fourth-order valence-electron chi connectivity index (χ4n) is 3.33. The lowest BCUT2D eigenvalue weighted by atomic mass is 9.93. The lowest BCUT2D eigenvalue weighted by Crippen LogP contribution is -2.35. The number of nitrogens with one attached hydrogen (secondary N) is 2. The van der Waals surface area contributed by atoms with E-state index in [1.54, 1.807) is 0 Å². The quantitative estimate of drug-likeness (QED) is 0.359. The Labute approximate surface area is 186 Å². The summed E-state index contributed by atoms with van der Waals surface area (Å²) in [5.41, 5.74) is 6.50. The van der Waals surface area contributed by atoms with E-state index in [9.17, 15) is 4.79 Å². The van der Waals surface area contributed by atoms with Gasteiger partial charge in [-0.25, -0.2) is 0 Å². The van der Waals surface area contributed by atoms with Gasteiger partial charge in [-0.2, -0.15) is 15.2 Å². The van der Waals surface area contributed by atoms with Crippen LogP contribution in [0.2, 0.25) is 0 Å².